The number of aliphatic carboxylic acids is 1. The molecule has 2 N–H and O–H groups in total. The van der Waals surface area contributed by atoms with E-state index in [2.05, 4.69) is 4.74 Å². The molecule has 1 unspecified atom stereocenters. The zero-order valence-electron chi connectivity index (χ0n) is 5.19. The number of carboxylic acid groups (broad SMARTS) is 1. The normalized spacial score (nSPS) is 12.1. The molecule has 0 aromatic rings. The molecular weight excluding hydrogens is 140 g/mol. The molecule has 0 saturated heterocycles. The number of hydrogen-bond donors (Lipinski definition) is 2. The minimum absolute atomic E-state index is 0.0753. The van der Waals surface area contributed by atoms with Crippen LogP contribution in [0.25, 0.3) is 0 Å². The summed E-state index contributed by atoms with van der Waals surface area (Å²) in [6, 6.07) is 0. The second-order valence-electron chi connectivity index (χ2n) is 1.62. The van der Waals surface area contributed by atoms with Crippen molar-refractivity contribution in [1.29, 1.82) is 0 Å². The van der Waals surface area contributed by atoms with E-state index in [0.29, 0.717) is 0 Å². The molecule has 0 rings (SSSR count). The summed E-state index contributed by atoms with van der Waals surface area (Å²) in [7, 11) is 0. The first-order valence-corrected chi connectivity index (χ1v) is 2.65. The van der Waals surface area contributed by atoms with Crippen molar-refractivity contribution in [3.63, 3.8) is 0 Å². The molecule has 0 aliphatic heterocycles. The Morgan fingerprint density at radius 2 is 2.30 bits per heavy atom. The van der Waals surface area contributed by atoms with E-state index in [1.165, 1.54) is 0 Å². The topological polar surface area (TPSA) is 83.8 Å². The molecule has 0 spiro atoms. The van der Waals surface area contributed by atoms with Crippen molar-refractivity contribution in [3.8, 4) is 0 Å². The van der Waals surface area contributed by atoms with Gasteiger partial charge in [0.2, 0.25) is 6.29 Å². The Kier molecular flexibility index (Phi) is 4.23. The molecule has 58 valence electrons. The summed E-state index contributed by atoms with van der Waals surface area (Å²) >= 11 is 0. The maximum absolute atomic E-state index is 9.85. The third-order valence-corrected chi connectivity index (χ3v) is 0.818. The van der Waals surface area contributed by atoms with Crippen LogP contribution in [0.1, 0.15) is 12.8 Å². The molecule has 0 heterocycles. The first kappa shape index (κ1) is 8.90. The SMILES string of the molecule is O=COC(O)CCC(=O)O. The molecule has 0 saturated carbocycles. The lowest BCUT2D eigenvalue weighted by atomic mass is 10.3. The summed E-state index contributed by atoms with van der Waals surface area (Å²) in [4.78, 5) is 19.4. The van der Waals surface area contributed by atoms with E-state index in [-0.39, 0.29) is 19.3 Å². The Morgan fingerprint density at radius 1 is 1.70 bits per heavy atom. The number of rotatable bonds is 5. The lowest BCUT2D eigenvalue weighted by molar-refractivity contribution is -0.156. The van der Waals surface area contributed by atoms with Crippen LogP contribution in [-0.2, 0) is 14.3 Å². The highest BCUT2D eigenvalue weighted by Gasteiger charge is 2.05. The van der Waals surface area contributed by atoms with E-state index >= 15 is 0 Å². The number of ether oxygens (including phenoxy) is 1. The van der Waals surface area contributed by atoms with Gasteiger partial charge in [-0.2, -0.15) is 0 Å². The highest BCUT2D eigenvalue weighted by Crippen LogP contribution is 1.96. The Balaban J connectivity index is 3.29. The number of aliphatic hydroxyl groups excluding tert-OH is 1. The van der Waals surface area contributed by atoms with E-state index in [1.807, 2.05) is 0 Å². The van der Waals surface area contributed by atoms with Crippen LogP contribution in [0, 0.1) is 0 Å². The fourth-order valence-corrected chi connectivity index (χ4v) is 0.379. The molecule has 5 nitrogen and oxygen atoms in total. The van der Waals surface area contributed by atoms with Crippen molar-refractivity contribution in [2.75, 3.05) is 0 Å². The number of carbonyl (C=O) groups excluding carboxylic acids is 1. The minimum Gasteiger partial charge on any atom is -0.481 e. The zero-order valence-corrected chi connectivity index (χ0v) is 5.19. The van der Waals surface area contributed by atoms with Gasteiger partial charge in [0.25, 0.3) is 6.47 Å². The third-order valence-electron chi connectivity index (χ3n) is 0.818. The molecular formula is C5H8O5. The molecule has 0 aliphatic carbocycles. The Labute approximate surface area is 57.2 Å². The van der Waals surface area contributed by atoms with Crippen LogP contribution in [-0.4, -0.2) is 28.9 Å². The van der Waals surface area contributed by atoms with Gasteiger partial charge in [0.05, 0.1) is 6.42 Å². The van der Waals surface area contributed by atoms with Gasteiger partial charge in [-0.25, -0.2) is 0 Å². The Morgan fingerprint density at radius 3 is 2.70 bits per heavy atom. The first-order valence-electron chi connectivity index (χ1n) is 2.65. The van der Waals surface area contributed by atoms with Gasteiger partial charge >= 0.3 is 5.97 Å². The van der Waals surface area contributed by atoms with Gasteiger partial charge in [0, 0.05) is 6.42 Å². The second kappa shape index (κ2) is 4.75. The molecule has 1 atom stereocenters. The van der Waals surface area contributed by atoms with Crippen LogP contribution in [0.4, 0.5) is 0 Å². The lowest BCUT2D eigenvalue weighted by Gasteiger charge is -2.04. The van der Waals surface area contributed by atoms with Gasteiger partial charge in [0.1, 0.15) is 0 Å². The summed E-state index contributed by atoms with van der Waals surface area (Å²) in [5.41, 5.74) is 0. The molecule has 0 aromatic heterocycles. The fraction of sp³-hybridized carbons (Fsp3) is 0.600. The van der Waals surface area contributed by atoms with Crippen molar-refractivity contribution < 1.29 is 24.5 Å². The number of carbonyl (C=O) groups is 2. The van der Waals surface area contributed by atoms with Crippen molar-refractivity contribution >= 4 is 12.4 Å². The molecule has 0 fully saturated rings. The molecule has 0 amide bonds. The molecule has 0 aromatic carbocycles. The highest BCUT2D eigenvalue weighted by atomic mass is 16.6. The summed E-state index contributed by atoms with van der Waals surface area (Å²) in [5.74, 6) is -1.03. The standard InChI is InChI=1S/C5H8O5/c6-3-10-5(9)2-1-4(7)8/h3,5,9H,1-2H2,(H,7,8). The number of carboxylic acids is 1. The Bertz CT molecular complexity index is 121. The van der Waals surface area contributed by atoms with Gasteiger partial charge in [-0.1, -0.05) is 0 Å². The smallest absolute Gasteiger partial charge is 0.303 e. The van der Waals surface area contributed by atoms with Gasteiger partial charge in [-0.05, 0) is 0 Å². The van der Waals surface area contributed by atoms with Gasteiger partial charge in [-0.15, -0.1) is 0 Å². The van der Waals surface area contributed by atoms with Gasteiger partial charge < -0.3 is 14.9 Å². The number of aliphatic hydroxyl groups is 1. The average molecular weight is 148 g/mol. The number of hydrogen-bond acceptors (Lipinski definition) is 4. The van der Waals surface area contributed by atoms with Crippen LogP contribution in [0.15, 0.2) is 0 Å². The van der Waals surface area contributed by atoms with Crippen LogP contribution < -0.4 is 0 Å². The average Bonchev–Trinajstić information content (AvgIpc) is 1.85. The summed E-state index contributed by atoms with van der Waals surface area (Å²) in [6.45, 7) is 0.0759. The van der Waals surface area contributed by atoms with E-state index in [9.17, 15) is 9.59 Å². The van der Waals surface area contributed by atoms with Crippen LogP contribution in [0.5, 0.6) is 0 Å². The molecule has 0 bridgehead atoms. The quantitative estimate of drug-likeness (QED) is 0.399. The highest BCUT2D eigenvalue weighted by molar-refractivity contribution is 5.66. The van der Waals surface area contributed by atoms with Gasteiger partial charge in [0.15, 0.2) is 0 Å². The van der Waals surface area contributed by atoms with Crippen molar-refractivity contribution in [3.05, 3.63) is 0 Å². The monoisotopic (exact) mass is 148 g/mol. The predicted octanol–water partition coefficient (Wildman–Crippen LogP) is -0.657. The lowest BCUT2D eigenvalue weighted by Crippen LogP contribution is -2.12. The van der Waals surface area contributed by atoms with Crippen LogP contribution in [0.2, 0.25) is 0 Å². The molecule has 5 heteroatoms. The first-order chi connectivity index (χ1) is 4.66. The van der Waals surface area contributed by atoms with E-state index in [4.69, 9.17) is 10.2 Å². The van der Waals surface area contributed by atoms with E-state index in [1.54, 1.807) is 0 Å². The maximum atomic E-state index is 9.85. The summed E-state index contributed by atoms with van der Waals surface area (Å²) in [6.07, 6.45) is -1.59. The fourth-order valence-electron chi connectivity index (χ4n) is 0.379. The van der Waals surface area contributed by atoms with E-state index < -0.39 is 12.3 Å². The van der Waals surface area contributed by atoms with Crippen molar-refractivity contribution in [2.45, 2.75) is 19.1 Å². The predicted molar refractivity (Wildman–Crippen MR) is 30.0 cm³/mol. The summed E-state index contributed by atoms with van der Waals surface area (Å²) < 4.78 is 4.00. The van der Waals surface area contributed by atoms with Crippen LogP contribution in [0.3, 0.4) is 0 Å². The summed E-state index contributed by atoms with van der Waals surface area (Å²) in [5, 5.41) is 16.7. The van der Waals surface area contributed by atoms with Crippen molar-refractivity contribution in [2.24, 2.45) is 0 Å². The minimum atomic E-state index is -1.30. The third kappa shape index (κ3) is 5.04. The largest absolute Gasteiger partial charge is 0.481 e. The molecule has 0 aliphatic rings. The Hall–Kier alpha value is -1.10. The van der Waals surface area contributed by atoms with Crippen molar-refractivity contribution in [1.82, 2.24) is 0 Å². The van der Waals surface area contributed by atoms with E-state index in [0.717, 1.165) is 0 Å². The molecule has 0 radical (unpaired) electrons. The van der Waals surface area contributed by atoms with Crippen LogP contribution >= 0.6 is 0 Å². The molecule has 10 heavy (non-hydrogen) atoms. The zero-order chi connectivity index (χ0) is 7.98. The van der Waals surface area contributed by atoms with Gasteiger partial charge in [-0.3, -0.25) is 9.59 Å². The maximum Gasteiger partial charge on any atom is 0.303 e. The second-order valence-corrected chi connectivity index (χ2v) is 1.62.